The smallest absolute Gasteiger partial charge is 0.136 e. The van der Waals surface area contributed by atoms with Gasteiger partial charge in [-0.05, 0) is 58.9 Å². The van der Waals surface area contributed by atoms with Crippen LogP contribution in [-0.2, 0) is 0 Å². The molecule has 1 aromatic heterocycles. The topological polar surface area (TPSA) is 36.4 Å². The van der Waals surface area contributed by atoms with E-state index in [1.54, 1.807) is 0 Å². The van der Waals surface area contributed by atoms with Crippen molar-refractivity contribution >= 4 is 21.7 Å². The molecule has 104 valence electrons. The Kier molecular flexibility index (Phi) is 4.63. The molecule has 0 spiro atoms. The highest BCUT2D eigenvalue weighted by Gasteiger charge is 2.33. The summed E-state index contributed by atoms with van der Waals surface area (Å²) in [6.45, 7) is 8.30. The number of anilines is 1. The van der Waals surface area contributed by atoms with Crippen molar-refractivity contribution in [3.05, 3.63) is 35.1 Å². The first-order valence-electron chi connectivity index (χ1n) is 6.81. The molecule has 0 radical (unpaired) electrons. The number of nitrogens with zero attached hydrogens (tertiary/aromatic N) is 2. The minimum Gasteiger partial charge on any atom is -0.393 e. The fraction of sp³-hybridized carbons (Fsp3) is 0.533. The van der Waals surface area contributed by atoms with E-state index in [0.29, 0.717) is 12.0 Å². The van der Waals surface area contributed by atoms with Gasteiger partial charge in [0.05, 0.1) is 6.10 Å². The van der Waals surface area contributed by atoms with Gasteiger partial charge in [-0.3, -0.25) is 0 Å². The molecule has 1 aromatic rings. The van der Waals surface area contributed by atoms with Gasteiger partial charge in [0.25, 0.3) is 0 Å². The van der Waals surface area contributed by atoms with Crippen molar-refractivity contribution in [1.29, 1.82) is 0 Å². The SMILES string of the molecule is C=CN(c1ncc(Br)cc1[C@H](C)CC)C1CC(O)C1. The van der Waals surface area contributed by atoms with Gasteiger partial charge in [-0.1, -0.05) is 20.4 Å². The van der Waals surface area contributed by atoms with Crippen LogP contribution in [0.15, 0.2) is 29.5 Å². The van der Waals surface area contributed by atoms with Crippen LogP contribution in [0, 0.1) is 0 Å². The molecule has 1 atom stereocenters. The maximum Gasteiger partial charge on any atom is 0.136 e. The molecule has 0 saturated heterocycles. The first-order valence-corrected chi connectivity index (χ1v) is 7.60. The number of hydrogen-bond donors (Lipinski definition) is 1. The van der Waals surface area contributed by atoms with Crippen LogP contribution >= 0.6 is 15.9 Å². The van der Waals surface area contributed by atoms with Crippen LogP contribution in [0.25, 0.3) is 0 Å². The Bertz CT molecular complexity index is 457. The molecule has 0 unspecified atom stereocenters. The predicted octanol–water partition coefficient (Wildman–Crippen LogP) is 3.83. The van der Waals surface area contributed by atoms with E-state index in [4.69, 9.17) is 0 Å². The number of hydrogen-bond acceptors (Lipinski definition) is 3. The third-order valence-electron chi connectivity index (χ3n) is 3.93. The van der Waals surface area contributed by atoms with Crippen LogP contribution in [-0.4, -0.2) is 22.2 Å². The average molecular weight is 325 g/mol. The highest BCUT2D eigenvalue weighted by Crippen LogP contribution is 2.35. The Hall–Kier alpha value is -0.870. The van der Waals surface area contributed by atoms with Crippen molar-refractivity contribution in [2.45, 2.75) is 51.2 Å². The van der Waals surface area contributed by atoms with Crippen LogP contribution < -0.4 is 4.90 Å². The quantitative estimate of drug-likeness (QED) is 0.894. The lowest BCUT2D eigenvalue weighted by Crippen LogP contribution is -2.45. The summed E-state index contributed by atoms with van der Waals surface area (Å²) in [6, 6.07) is 2.46. The maximum atomic E-state index is 9.49. The van der Waals surface area contributed by atoms with Crippen LogP contribution in [0.2, 0.25) is 0 Å². The lowest BCUT2D eigenvalue weighted by molar-refractivity contribution is 0.0762. The summed E-state index contributed by atoms with van der Waals surface area (Å²) in [5.74, 6) is 1.43. The fourth-order valence-electron chi connectivity index (χ4n) is 2.44. The van der Waals surface area contributed by atoms with Gasteiger partial charge in [0.2, 0.25) is 0 Å². The molecule has 0 aromatic carbocycles. The number of aromatic nitrogens is 1. The highest BCUT2D eigenvalue weighted by atomic mass is 79.9. The third-order valence-corrected chi connectivity index (χ3v) is 4.36. The highest BCUT2D eigenvalue weighted by molar-refractivity contribution is 9.10. The first kappa shape index (κ1) is 14.5. The first-order chi connectivity index (χ1) is 9.06. The van der Waals surface area contributed by atoms with Gasteiger partial charge in [-0.25, -0.2) is 4.98 Å². The number of aliphatic hydroxyl groups is 1. The van der Waals surface area contributed by atoms with Gasteiger partial charge in [0.1, 0.15) is 5.82 Å². The molecule has 1 N–H and O–H groups in total. The maximum absolute atomic E-state index is 9.49. The Morgan fingerprint density at radius 2 is 2.32 bits per heavy atom. The number of halogens is 1. The molecule has 4 heteroatoms. The van der Waals surface area contributed by atoms with Crippen molar-refractivity contribution in [1.82, 2.24) is 4.98 Å². The molecular formula is C15H21BrN2O. The summed E-state index contributed by atoms with van der Waals surface area (Å²) in [6.07, 6.45) is 6.15. The standard InChI is InChI=1S/C15H21BrN2O/c1-4-10(3)14-6-11(16)9-17-15(14)18(5-2)12-7-13(19)8-12/h5-6,9-10,12-13,19H,2,4,7-8H2,1,3H3/t10-,12?,13?/m1/s1. The zero-order chi connectivity index (χ0) is 14.0. The van der Waals surface area contributed by atoms with E-state index in [1.807, 2.05) is 12.4 Å². The van der Waals surface area contributed by atoms with Crippen molar-refractivity contribution in [2.24, 2.45) is 0 Å². The van der Waals surface area contributed by atoms with E-state index in [2.05, 4.69) is 52.3 Å². The summed E-state index contributed by atoms with van der Waals surface area (Å²) < 4.78 is 1.00. The van der Waals surface area contributed by atoms with Crippen molar-refractivity contribution in [2.75, 3.05) is 4.90 Å². The van der Waals surface area contributed by atoms with E-state index in [9.17, 15) is 5.11 Å². The van der Waals surface area contributed by atoms with Crippen molar-refractivity contribution < 1.29 is 5.11 Å². The number of pyridine rings is 1. The molecule has 19 heavy (non-hydrogen) atoms. The zero-order valence-electron chi connectivity index (χ0n) is 11.5. The lowest BCUT2D eigenvalue weighted by Gasteiger charge is -2.40. The summed E-state index contributed by atoms with van der Waals surface area (Å²) in [7, 11) is 0. The molecule has 1 fully saturated rings. The molecule has 0 amide bonds. The van der Waals surface area contributed by atoms with Gasteiger partial charge in [0, 0.05) is 16.7 Å². The Morgan fingerprint density at radius 1 is 1.63 bits per heavy atom. The number of aliphatic hydroxyl groups excluding tert-OH is 1. The fourth-order valence-corrected chi connectivity index (χ4v) is 2.79. The van der Waals surface area contributed by atoms with E-state index >= 15 is 0 Å². The minimum absolute atomic E-state index is 0.171. The Balaban J connectivity index is 2.33. The van der Waals surface area contributed by atoms with Gasteiger partial charge >= 0.3 is 0 Å². The Morgan fingerprint density at radius 3 is 2.84 bits per heavy atom. The van der Waals surface area contributed by atoms with Crippen molar-refractivity contribution in [3.63, 3.8) is 0 Å². The molecule has 3 nitrogen and oxygen atoms in total. The Labute approximate surface area is 123 Å². The van der Waals surface area contributed by atoms with E-state index in [1.165, 1.54) is 5.56 Å². The lowest BCUT2D eigenvalue weighted by atomic mass is 9.87. The number of rotatable bonds is 5. The molecule has 1 aliphatic carbocycles. The van der Waals surface area contributed by atoms with Crippen LogP contribution in [0.1, 0.15) is 44.6 Å². The van der Waals surface area contributed by atoms with Crippen molar-refractivity contribution in [3.8, 4) is 0 Å². The molecular weight excluding hydrogens is 304 g/mol. The predicted molar refractivity (Wildman–Crippen MR) is 82.3 cm³/mol. The van der Waals surface area contributed by atoms with Gasteiger partial charge in [0.15, 0.2) is 0 Å². The molecule has 2 rings (SSSR count). The molecule has 0 bridgehead atoms. The normalized spacial score (nSPS) is 23.6. The second kappa shape index (κ2) is 6.06. The largest absolute Gasteiger partial charge is 0.393 e. The zero-order valence-corrected chi connectivity index (χ0v) is 13.1. The van der Waals surface area contributed by atoms with E-state index in [0.717, 1.165) is 29.6 Å². The molecule has 0 aliphatic heterocycles. The molecule has 1 heterocycles. The van der Waals surface area contributed by atoms with E-state index < -0.39 is 0 Å². The molecule has 1 aliphatic rings. The second-order valence-electron chi connectivity index (χ2n) is 5.24. The van der Waals surface area contributed by atoms with Crippen LogP contribution in [0.5, 0.6) is 0 Å². The minimum atomic E-state index is -0.171. The second-order valence-corrected chi connectivity index (χ2v) is 6.16. The summed E-state index contributed by atoms with van der Waals surface area (Å²) >= 11 is 3.50. The van der Waals surface area contributed by atoms with E-state index in [-0.39, 0.29) is 6.10 Å². The molecule has 1 saturated carbocycles. The van der Waals surface area contributed by atoms with Crippen LogP contribution in [0.3, 0.4) is 0 Å². The van der Waals surface area contributed by atoms with Gasteiger partial charge in [-0.2, -0.15) is 0 Å². The average Bonchev–Trinajstić information content (AvgIpc) is 2.38. The summed E-state index contributed by atoms with van der Waals surface area (Å²) in [5.41, 5.74) is 1.23. The van der Waals surface area contributed by atoms with Gasteiger partial charge < -0.3 is 10.0 Å². The van der Waals surface area contributed by atoms with Crippen LogP contribution in [0.4, 0.5) is 5.82 Å². The third kappa shape index (κ3) is 3.00. The monoisotopic (exact) mass is 324 g/mol. The van der Waals surface area contributed by atoms with Gasteiger partial charge in [-0.15, -0.1) is 0 Å². The summed E-state index contributed by atoms with van der Waals surface area (Å²) in [4.78, 5) is 6.68. The summed E-state index contributed by atoms with van der Waals surface area (Å²) in [5, 5.41) is 9.49.